The highest BCUT2D eigenvalue weighted by Crippen LogP contribution is 2.40. The van der Waals surface area contributed by atoms with Crippen molar-refractivity contribution in [2.24, 2.45) is 0 Å². The number of aliphatic hydroxyl groups is 1. The summed E-state index contributed by atoms with van der Waals surface area (Å²) in [6, 6.07) is 11.8. The molecule has 1 amide bonds. The third-order valence-electron chi connectivity index (χ3n) is 4.93. The van der Waals surface area contributed by atoms with E-state index >= 15 is 0 Å². The molecule has 1 atom stereocenters. The van der Waals surface area contributed by atoms with Crippen LogP contribution in [0, 0.1) is 6.92 Å². The minimum Gasteiger partial charge on any atom is -0.507 e. The fourth-order valence-electron chi connectivity index (χ4n) is 3.50. The maximum atomic E-state index is 12.9. The first-order chi connectivity index (χ1) is 13.9. The Morgan fingerprint density at radius 1 is 1.17 bits per heavy atom. The van der Waals surface area contributed by atoms with Crippen LogP contribution in [0.1, 0.15) is 22.7 Å². The Morgan fingerprint density at radius 2 is 1.93 bits per heavy atom. The molecule has 1 aliphatic heterocycles. The van der Waals surface area contributed by atoms with E-state index in [9.17, 15) is 14.7 Å². The average Bonchev–Trinajstić information content (AvgIpc) is 2.96. The number of methoxy groups -OCH3 is 2. The number of hydrogen-bond acceptors (Lipinski definition) is 5. The Labute approximate surface area is 177 Å². The van der Waals surface area contributed by atoms with Crippen LogP contribution in [-0.2, 0) is 14.3 Å². The third kappa shape index (κ3) is 4.06. The van der Waals surface area contributed by atoms with Crippen molar-refractivity contribution in [3.05, 3.63) is 69.2 Å². The number of carbonyl (C=O) groups is 2. The van der Waals surface area contributed by atoms with Gasteiger partial charge in [-0.25, -0.2) is 0 Å². The molecule has 1 N–H and O–H groups in total. The van der Waals surface area contributed by atoms with E-state index in [0.717, 1.165) is 15.6 Å². The van der Waals surface area contributed by atoms with Crippen LogP contribution in [0.15, 0.2) is 52.5 Å². The van der Waals surface area contributed by atoms with Gasteiger partial charge in [-0.2, -0.15) is 0 Å². The number of aliphatic hydroxyl groups excluding tert-OH is 1. The number of carbonyl (C=O) groups excluding carboxylic acids is 2. The first-order valence-electron chi connectivity index (χ1n) is 9.06. The second-order valence-electron chi connectivity index (χ2n) is 6.72. The average molecular weight is 460 g/mol. The number of likely N-dealkylation sites (tertiary alicyclic amines) is 1. The van der Waals surface area contributed by atoms with Crippen LogP contribution >= 0.6 is 15.9 Å². The van der Waals surface area contributed by atoms with Crippen molar-refractivity contribution >= 4 is 33.4 Å². The Hall–Kier alpha value is -2.64. The summed E-state index contributed by atoms with van der Waals surface area (Å²) in [6.07, 6.45) is 0. The van der Waals surface area contributed by atoms with E-state index in [2.05, 4.69) is 15.9 Å². The summed E-state index contributed by atoms with van der Waals surface area (Å²) in [5.74, 6) is -0.921. The van der Waals surface area contributed by atoms with Gasteiger partial charge in [0.15, 0.2) is 0 Å². The largest absolute Gasteiger partial charge is 0.507 e. The fraction of sp³-hybridized carbons (Fsp3) is 0.273. The van der Waals surface area contributed by atoms with Crippen molar-refractivity contribution in [1.82, 2.24) is 4.90 Å². The number of amides is 1. The molecule has 0 saturated carbocycles. The summed E-state index contributed by atoms with van der Waals surface area (Å²) >= 11 is 3.44. The highest BCUT2D eigenvalue weighted by atomic mass is 79.9. The van der Waals surface area contributed by atoms with Gasteiger partial charge in [0, 0.05) is 23.7 Å². The molecule has 0 bridgehead atoms. The molecule has 7 heteroatoms. The normalized spacial score (nSPS) is 18.3. The number of halogens is 1. The topological polar surface area (TPSA) is 76.1 Å². The van der Waals surface area contributed by atoms with Crippen molar-refractivity contribution in [3.63, 3.8) is 0 Å². The quantitative estimate of drug-likeness (QED) is 0.403. The number of ketones is 1. The van der Waals surface area contributed by atoms with E-state index in [1.54, 1.807) is 25.3 Å². The lowest BCUT2D eigenvalue weighted by Gasteiger charge is -2.25. The minimum absolute atomic E-state index is 0.0671. The van der Waals surface area contributed by atoms with Crippen LogP contribution in [0.2, 0.25) is 0 Å². The zero-order valence-electron chi connectivity index (χ0n) is 16.4. The SMILES string of the molecule is COCCN1C(=O)C(=O)C(=C(O)c2ccc(OC)cc2C)C1c1cccc(Br)c1. The monoisotopic (exact) mass is 459 g/mol. The number of rotatable bonds is 6. The second kappa shape index (κ2) is 8.80. The predicted molar refractivity (Wildman–Crippen MR) is 113 cm³/mol. The first kappa shape index (κ1) is 21.1. The van der Waals surface area contributed by atoms with E-state index in [0.29, 0.717) is 11.3 Å². The molecule has 29 heavy (non-hydrogen) atoms. The smallest absolute Gasteiger partial charge is 0.295 e. The highest BCUT2D eigenvalue weighted by molar-refractivity contribution is 9.10. The van der Waals surface area contributed by atoms with Crippen molar-refractivity contribution < 1.29 is 24.2 Å². The molecule has 1 aliphatic rings. The number of ether oxygens (including phenoxy) is 2. The Balaban J connectivity index is 2.19. The van der Waals surface area contributed by atoms with Crippen molar-refractivity contribution in [2.45, 2.75) is 13.0 Å². The van der Waals surface area contributed by atoms with Gasteiger partial charge in [-0.1, -0.05) is 28.1 Å². The molecule has 1 unspecified atom stereocenters. The van der Waals surface area contributed by atoms with E-state index in [-0.39, 0.29) is 24.5 Å². The summed E-state index contributed by atoms with van der Waals surface area (Å²) in [5.41, 5.74) is 2.01. The van der Waals surface area contributed by atoms with E-state index in [1.807, 2.05) is 31.2 Å². The first-order valence-corrected chi connectivity index (χ1v) is 9.86. The number of Topliss-reactive ketones (excluding diaryl/α,β-unsaturated/α-hetero) is 1. The van der Waals surface area contributed by atoms with Gasteiger partial charge < -0.3 is 19.5 Å². The summed E-state index contributed by atoms with van der Waals surface area (Å²) in [7, 11) is 3.09. The molecule has 0 aliphatic carbocycles. The Bertz CT molecular complexity index is 985. The molecule has 1 saturated heterocycles. The molecule has 0 aromatic heterocycles. The number of benzene rings is 2. The molecule has 6 nitrogen and oxygen atoms in total. The lowest BCUT2D eigenvalue weighted by atomic mass is 9.94. The van der Waals surface area contributed by atoms with E-state index < -0.39 is 17.7 Å². The fourth-order valence-corrected chi connectivity index (χ4v) is 3.91. The Morgan fingerprint density at radius 3 is 2.55 bits per heavy atom. The number of nitrogens with zero attached hydrogens (tertiary/aromatic N) is 1. The van der Waals surface area contributed by atoms with Gasteiger partial charge >= 0.3 is 0 Å². The summed E-state index contributed by atoms with van der Waals surface area (Å²) in [5, 5.41) is 11.1. The van der Waals surface area contributed by atoms with Gasteiger partial charge in [0.2, 0.25) is 0 Å². The zero-order chi connectivity index (χ0) is 21.1. The van der Waals surface area contributed by atoms with Crippen molar-refractivity contribution in [2.75, 3.05) is 27.4 Å². The van der Waals surface area contributed by atoms with Gasteiger partial charge in [0.05, 0.1) is 25.3 Å². The van der Waals surface area contributed by atoms with Crippen molar-refractivity contribution in [3.8, 4) is 5.75 Å². The summed E-state index contributed by atoms with van der Waals surface area (Å²) in [4.78, 5) is 27.1. The molecule has 2 aromatic rings. The standard InChI is InChI=1S/C22H22BrNO5/c1-13-11-16(29-3)7-8-17(13)20(25)18-19(14-5-4-6-15(23)12-14)24(9-10-28-2)22(27)21(18)26/h4-8,11-12,19,25H,9-10H2,1-3H3. The lowest BCUT2D eigenvalue weighted by Crippen LogP contribution is -2.32. The zero-order valence-corrected chi connectivity index (χ0v) is 18.0. The predicted octanol–water partition coefficient (Wildman–Crippen LogP) is 3.83. The molecular weight excluding hydrogens is 438 g/mol. The molecule has 0 radical (unpaired) electrons. The van der Waals surface area contributed by atoms with Gasteiger partial charge in [-0.15, -0.1) is 0 Å². The van der Waals surface area contributed by atoms with Crippen LogP contribution in [0.4, 0.5) is 0 Å². The maximum absolute atomic E-state index is 12.9. The molecule has 3 rings (SSSR count). The van der Waals surface area contributed by atoms with Crippen molar-refractivity contribution in [1.29, 1.82) is 0 Å². The molecule has 0 spiro atoms. The molecule has 1 heterocycles. The minimum atomic E-state index is -0.709. The van der Waals surface area contributed by atoms with E-state index in [1.165, 1.54) is 12.0 Å². The molecule has 1 fully saturated rings. The number of hydrogen-bond donors (Lipinski definition) is 1. The van der Waals surface area contributed by atoms with Gasteiger partial charge in [0.1, 0.15) is 11.5 Å². The van der Waals surface area contributed by atoms with Crippen LogP contribution in [0.5, 0.6) is 5.75 Å². The van der Waals surface area contributed by atoms with Gasteiger partial charge in [-0.05, 0) is 48.4 Å². The Kier molecular flexibility index (Phi) is 6.39. The van der Waals surface area contributed by atoms with Crippen LogP contribution in [0.3, 0.4) is 0 Å². The molecular formula is C22H22BrNO5. The van der Waals surface area contributed by atoms with Crippen LogP contribution in [0.25, 0.3) is 5.76 Å². The summed E-state index contributed by atoms with van der Waals surface area (Å²) < 4.78 is 11.1. The van der Waals surface area contributed by atoms with Crippen LogP contribution < -0.4 is 4.74 Å². The van der Waals surface area contributed by atoms with Gasteiger partial charge in [-0.3, -0.25) is 9.59 Å². The number of aryl methyl sites for hydroxylation is 1. The summed E-state index contributed by atoms with van der Waals surface area (Å²) in [6.45, 7) is 2.32. The lowest BCUT2D eigenvalue weighted by molar-refractivity contribution is -0.140. The molecule has 152 valence electrons. The highest BCUT2D eigenvalue weighted by Gasteiger charge is 2.46. The maximum Gasteiger partial charge on any atom is 0.295 e. The van der Waals surface area contributed by atoms with Crippen LogP contribution in [-0.4, -0.2) is 49.1 Å². The second-order valence-corrected chi connectivity index (χ2v) is 7.64. The van der Waals surface area contributed by atoms with E-state index in [4.69, 9.17) is 9.47 Å². The van der Waals surface area contributed by atoms with Gasteiger partial charge in [0.25, 0.3) is 11.7 Å². The molecule has 2 aromatic carbocycles. The third-order valence-corrected chi connectivity index (χ3v) is 5.42.